The second-order valence-corrected chi connectivity index (χ2v) is 6.11. The minimum atomic E-state index is -4.08. The molecule has 1 N–H and O–H groups in total. The fourth-order valence-electron chi connectivity index (χ4n) is 1.30. The van der Waals surface area contributed by atoms with E-state index in [1.54, 1.807) is 6.92 Å². The normalized spacial score (nSPS) is 10.5. The smallest absolute Gasteiger partial charge is 0.261 e. The van der Waals surface area contributed by atoms with Crippen LogP contribution in [0.15, 0.2) is 23.1 Å². The molecule has 19 heavy (non-hydrogen) atoms. The lowest BCUT2D eigenvalue weighted by Crippen LogP contribution is -2.24. The molecule has 1 rings (SSSR count). The van der Waals surface area contributed by atoms with E-state index in [1.807, 2.05) is 0 Å². The Bertz CT molecular complexity index is 647. The molecule has 0 radical (unpaired) electrons. The predicted octanol–water partition coefficient (Wildman–Crippen LogP) is 1.90. The summed E-state index contributed by atoms with van der Waals surface area (Å²) >= 11 is 0. The maximum atomic E-state index is 13.2. The van der Waals surface area contributed by atoms with Crippen LogP contribution in [0.5, 0.6) is 0 Å². The van der Waals surface area contributed by atoms with E-state index in [9.17, 15) is 17.6 Å². The van der Waals surface area contributed by atoms with Gasteiger partial charge in [0.15, 0.2) is 0 Å². The standard InChI is InChI=1S/C12H11ClFNO3S/c1-2-3-4-5-15-12(16)9-6-10(14)8-11(7-9)19(13,17)18/h6-8H,4-5H2,1H3,(H,15,16). The molecule has 1 amide bonds. The summed E-state index contributed by atoms with van der Waals surface area (Å²) in [6.07, 6.45) is 0.457. The number of carbonyl (C=O) groups excluding carboxylic acids is 1. The maximum absolute atomic E-state index is 13.2. The van der Waals surface area contributed by atoms with Crippen LogP contribution in [0.1, 0.15) is 23.7 Å². The van der Waals surface area contributed by atoms with Crippen LogP contribution in [0, 0.1) is 17.7 Å². The topological polar surface area (TPSA) is 63.2 Å². The molecule has 0 bridgehead atoms. The summed E-state index contributed by atoms with van der Waals surface area (Å²) in [6, 6.07) is 2.71. The molecule has 0 heterocycles. The summed E-state index contributed by atoms with van der Waals surface area (Å²) < 4.78 is 35.5. The lowest BCUT2D eigenvalue weighted by molar-refractivity contribution is 0.0954. The summed E-state index contributed by atoms with van der Waals surface area (Å²) in [5, 5.41) is 2.49. The monoisotopic (exact) mass is 303 g/mol. The first-order valence-electron chi connectivity index (χ1n) is 5.27. The van der Waals surface area contributed by atoms with Crippen LogP contribution in [-0.4, -0.2) is 20.9 Å². The van der Waals surface area contributed by atoms with Gasteiger partial charge < -0.3 is 5.32 Å². The Morgan fingerprint density at radius 2 is 2.11 bits per heavy atom. The Kier molecular flexibility index (Phi) is 5.33. The molecular weight excluding hydrogens is 293 g/mol. The molecule has 0 saturated heterocycles. The van der Waals surface area contributed by atoms with Gasteiger partial charge in [-0.2, -0.15) is 0 Å². The molecule has 0 fully saturated rings. The molecule has 4 nitrogen and oxygen atoms in total. The van der Waals surface area contributed by atoms with Gasteiger partial charge in [0, 0.05) is 29.2 Å². The third-order valence-corrected chi connectivity index (χ3v) is 3.46. The van der Waals surface area contributed by atoms with Crippen molar-refractivity contribution in [3.63, 3.8) is 0 Å². The molecule has 0 saturated carbocycles. The van der Waals surface area contributed by atoms with Gasteiger partial charge in [-0.1, -0.05) is 0 Å². The molecule has 7 heteroatoms. The fourth-order valence-corrected chi connectivity index (χ4v) is 2.09. The van der Waals surface area contributed by atoms with Crippen LogP contribution in [0.2, 0.25) is 0 Å². The zero-order valence-corrected chi connectivity index (χ0v) is 11.6. The lowest BCUT2D eigenvalue weighted by Gasteiger charge is -2.05. The molecule has 0 aliphatic rings. The minimum absolute atomic E-state index is 0.108. The van der Waals surface area contributed by atoms with Crippen molar-refractivity contribution in [2.75, 3.05) is 6.54 Å². The van der Waals surface area contributed by atoms with Crippen molar-refractivity contribution in [3.8, 4) is 11.8 Å². The van der Waals surface area contributed by atoms with E-state index in [0.717, 1.165) is 18.2 Å². The van der Waals surface area contributed by atoms with Crippen LogP contribution in [-0.2, 0) is 9.05 Å². The quantitative estimate of drug-likeness (QED) is 0.525. The van der Waals surface area contributed by atoms with Crippen molar-refractivity contribution >= 4 is 25.6 Å². The van der Waals surface area contributed by atoms with Crippen molar-refractivity contribution < 1.29 is 17.6 Å². The SMILES string of the molecule is CC#CCCNC(=O)c1cc(F)cc(S(=O)(=O)Cl)c1. The highest BCUT2D eigenvalue weighted by Gasteiger charge is 2.15. The number of hydrogen-bond acceptors (Lipinski definition) is 3. The highest BCUT2D eigenvalue weighted by atomic mass is 35.7. The van der Waals surface area contributed by atoms with Gasteiger partial charge in [-0.05, 0) is 25.1 Å². The van der Waals surface area contributed by atoms with E-state index >= 15 is 0 Å². The van der Waals surface area contributed by atoms with E-state index in [2.05, 4.69) is 17.2 Å². The first-order valence-corrected chi connectivity index (χ1v) is 7.58. The lowest BCUT2D eigenvalue weighted by atomic mass is 10.2. The van der Waals surface area contributed by atoms with Gasteiger partial charge in [0.2, 0.25) is 0 Å². The number of hydrogen-bond donors (Lipinski definition) is 1. The van der Waals surface area contributed by atoms with Crippen molar-refractivity contribution in [2.24, 2.45) is 0 Å². The van der Waals surface area contributed by atoms with Gasteiger partial charge in [-0.3, -0.25) is 4.79 Å². The highest BCUT2D eigenvalue weighted by molar-refractivity contribution is 8.13. The average molecular weight is 304 g/mol. The summed E-state index contributed by atoms with van der Waals surface area (Å²) in [6.45, 7) is 1.96. The van der Waals surface area contributed by atoms with Gasteiger partial charge in [0.05, 0.1) is 4.90 Å². The van der Waals surface area contributed by atoms with Crippen LogP contribution < -0.4 is 5.32 Å². The number of carbonyl (C=O) groups is 1. The predicted molar refractivity (Wildman–Crippen MR) is 69.8 cm³/mol. The maximum Gasteiger partial charge on any atom is 0.261 e. The van der Waals surface area contributed by atoms with E-state index in [0.29, 0.717) is 13.0 Å². The number of nitrogens with one attached hydrogen (secondary N) is 1. The molecule has 0 aliphatic heterocycles. The summed E-state index contributed by atoms with van der Waals surface area (Å²) in [5.74, 6) is 3.98. The number of rotatable bonds is 4. The third kappa shape index (κ3) is 4.89. The zero-order chi connectivity index (χ0) is 14.5. The Morgan fingerprint density at radius 3 is 2.68 bits per heavy atom. The van der Waals surface area contributed by atoms with Crippen molar-refractivity contribution in [3.05, 3.63) is 29.6 Å². The Hall–Kier alpha value is -1.58. The van der Waals surface area contributed by atoms with Crippen LogP contribution in [0.25, 0.3) is 0 Å². The molecule has 0 aliphatic carbocycles. The fraction of sp³-hybridized carbons (Fsp3) is 0.250. The second kappa shape index (κ2) is 6.55. The molecule has 1 aromatic rings. The molecule has 0 atom stereocenters. The largest absolute Gasteiger partial charge is 0.351 e. The zero-order valence-electron chi connectivity index (χ0n) is 10.0. The van der Waals surface area contributed by atoms with Crippen LogP contribution >= 0.6 is 10.7 Å². The molecule has 1 aromatic carbocycles. The third-order valence-electron chi connectivity index (χ3n) is 2.13. The average Bonchev–Trinajstić information content (AvgIpc) is 2.32. The van der Waals surface area contributed by atoms with Crippen molar-refractivity contribution in [1.82, 2.24) is 5.32 Å². The first-order chi connectivity index (χ1) is 8.84. The Labute approximate surface area is 115 Å². The van der Waals surface area contributed by atoms with Crippen LogP contribution in [0.3, 0.4) is 0 Å². The van der Waals surface area contributed by atoms with Gasteiger partial charge in [0.1, 0.15) is 5.82 Å². The van der Waals surface area contributed by atoms with E-state index in [1.165, 1.54) is 0 Å². The Morgan fingerprint density at radius 1 is 1.42 bits per heavy atom. The summed E-state index contributed by atoms with van der Waals surface area (Å²) in [7, 11) is 1.03. The van der Waals surface area contributed by atoms with Gasteiger partial charge in [-0.25, -0.2) is 12.8 Å². The molecule has 0 aromatic heterocycles. The summed E-state index contributed by atoms with van der Waals surface area (Å²) in [4.78, 5) is 11.2. The van der Waals surface area contributed by atoms with Crippen LogP contribution in [0.4, 0.5) is 4.39 Å². The molecule has 0 unspecified atom stereocenters. The molecule has 0 spiro atoms. The second-order valence-electron chi connectivity index (χ2n) is 3.55. The minimum Gasteiger partial charge on any atom is -0.351 e. The Balaban J connectivity index is 2.91. The van der Waals surface area contributed by atoms with E-state index < -0.39 is 25.7 Å². The number of amides is 1. The highest BCUT2D eigenvalue weighted by Crippen LogP contribution is 2.18. The number of benzene rings is 1. The van der Waals surface area contributed by atoms with Gasteiger partial charge >= 0.3 is 0 Å². The van der Waals surface area contributed by atoms with E-state index in [4.69, 9.17) is 10.7 Å². The first kappa shape index (κ1) is 15.5. The van der Waals surface area contributed by atoms with Crippen molar-refractivity contribution in [2.45, 2.75) is 18.2 Å². The molecular formula is C12H11ClFNO3S. The van der Waals surface area contributed by atoms with Gasteiger partial charge in [-0.15, -0.1) is 11.8 Å². The van der Waals surface area contributed by atoms with E-state index in [-0.39, 0.29) is 5.56 Å². The number of halogens is 2. The molecule has 102 valence electrons. The van der Waals surface area contributed by atoms with Crippen molar-refractivity contribution in [1.29, 1.82) is 0 Å². The van der Waals surface area contributed by atoms with Gasteiger partial charge in [0.25, 0.3) is 15.0 Å². The summed E-state index contributed by atoms with van der Waals surface area (Å²) in [5.41, 5.74) is -0.108.